The van der Waals surface area contributed by atoms with Gasteiger partial charge in [0.05, 0.1) is 13.2 Å². The molecule has 0 spiro atoms. The summed E-state index contributed by atoms with van der Waals surface area (Å²) in [5.74, 6) is 0.104. The van der Waals surface area contributed by atoms with Gasteiger partial charge < -0.3 is 15.0 Å². The van der Waals surface area contributed by atoms with E-state index in [0.717, 1.165) is 43.4 Å². The Balaban J connectivity index is 1.47. The Hall–Kier alpha value is -2.89. The van der Waals surface area contributed by atoms with Gasteiger partial charge in [-0.2, -0.15) is 0 Å². The number of hydrogen-bond donors (Lipinski definition) is 1. The van der Waals surface area contributed by atoms with Crippen LogP contribution < -0.4 is 5.32 Å². The van der Waals surface area contributed by atoms with Gasteiger partial charge >= 0.3 is 6.09 Å². The van der Waals surface area contributed by atoms with Crippen molar-refractivity contribution >= 4 is 23.3 Å². The first-order chi connectivity index (χ1) is 15.1. The summed E-state index contributed by atoms with van der Waals surface area (Å²) in [6.45, 7) is 2.61. The summed E-state index contributed by atoms with van der Waals surface area (Å²) < 4.78 is 4.81. The molecule has 1 aliphatic carbocycles. The molecule has 2 amide bonds. The number of carbonyl (C=O) groups excluding carboxylic acids is 2. The Labute approximate surface area is 184 Å². The van der Waals surface area contributed by atoms with Crippen LogP contribution in [0.15, 0.2) is 47.6 Å². The number of rotatable bonds is 5. The second-order valence-electron chi connectivity index (χ2n) is 8.69. The Bertz CT molecular complexity index is 910. The monoisotopic (exact) mass is 421 g/mol. The number of aryl methyl sites for hydroxylation is 1. The molecule has 0 radical (unpaired) electrons. The summed E-state index contributed by atoms with van der Waals surface area (Å²) in [6, 6.07) is 7.72. The first-order valence-electron chi connectivity index (χ1n) is 11.2. The van der Waals surface area contributed by atoms with Crippen molar-refractivity contribution in [3.63, 3.8) is 0 Å². The molecule has 0 aromatic heterocycles. The van der Waals surface area contributed by atoms with E-state index in [1.807, 2.05) is 17.2 Å². The molecule has 2 aliphatic heterocycles. The molecule has 1 N–H and O–H groups in total. The summed E-state index contributed by atoms with van der Waals surface area (Å²) in [5, 5.41) is 2.83. The van der Waals surface area contributed by atoms with Crippen LogP contribution in [0.1, 0.15) is 49.7 Å². The highest BCUT2D eigenvalue weighted by molar-refractivity contribution is 6.05. The third-order valence-electron chi connectivity index (χ3n) is 6.61. The van der Waals surface area contributed by atoms with E-state index in [1.54, 1.807) is 0 Å². The Kier molecular flexibility index (Phi) is 6.54. The van der Waals surface area contributed by atoms with Crippen LogP contribution in [0, 0.1) is 12.8 Å². The summed E-state index contributed by atoms with van der Waals surface area (Å²) in [4.78, 5) is 32.1. The van der Waals surface area contributed by atoms with Gasteiger partial charge in [-0.25, -0.2) is 4.79 Å². The van der Waals surface area contributed by atoms with Crippen molar-refractivity contribution in [1.29, 1.82) is 0 Å². The van der Waals surface area contributed by atoms with Crippen molar-refractivity contribution in [3.05, 3.63) is 53.7 Å². The van der Waals surface area contributed by atoms with Gasteiger partial charge in [0.15, 0.2) is 0 Å². The second kappa shape index (κ2) is 9.50. The normalized spacial score (nSPS) is 22.1. The predicted molar refractivity (Wildman–Crippen MR) is 122 cm³/mol. The van der Waals surface area contributed by atoms with E-state index in [-0.39, 0.29) is 17.9 Å². The molecule has 1 aromatic carbocycles. The van der Waals surface area contributed by atoms with Crippen molar-refractivity contribution in [2.75, 3.05) is 13.7 Å². The Morgan fingerprint density at radius 3 is 2.61 bits per heavy atom. The minimum atomic E-state index is -0.554. The lowest BCUT2D eigenvalue weighted by atomic mass is 9.83. The summed E-state index contributed by atoms with van der Waals surface area (Å²) in [5.41, 5.74) is 4.53. The van der Waals surface area contributed by atoms with Gasteiger partial charge in [0, 0.05) is 24.9 Å². The molecule has 6 heteroatoms. The molecule has 4 rings (SSSR count). The zero-order valence-electron chi connectivity index (χ0n) is 18.3. The summed E-state index contributed by atoms with van der Waals surface area (Å²) >= 11 is 0. The number of nitrogens with one attached hydrogen (secondary N) is 1. The smallest absolute Gasteiger partial charge is 0.407 e. The van der Waals surface area contributed by atoms with Gasteiger partial charge in [0.2, 0.25) is 5.91 Å². The minimum absolute atomic E-state index is 0.0428. The van der Waals surface area contributed by atoms with Crippen molar-refractivity contribution < 1.29 is 14.3 Å². The number of benzene rings is 1. The van der Waals surface area contributed by atoms with Gasteiger partial charge in [-0.1, -0.05) is 61.2 Å². The van der Waals surface area contributed by atoms with Gasteiger partial charge in [0.25, 0.3) is 0 Å². The van der Waals surface area contributed by atoms with E-state index in [9.17, 15) is 9.59 Å². The van der Waals surface area contributed by atoms with E-state index in [0.29, 0.717) is 6.54 Å². The molecule has 0 bridgehead atoms. The number of ether oxygens (including phenoxy) is 1. The summed E-state index contributed by atoms with van der Waals surface area (Å²) in [6.07, 6.45) is 11.4. The van der Waals surface area contributed by atoms with Crippen LogP contribution >= 0.6 is 0 Å². The number of nitrogens with zero attached hydrogens (tertiary/aromatic N) is 2. The van der Waals surface area contributed by atoms with Crippen LogP contribution in [0.4, 0.5) is 4.79 Å². The number of allylic oxidation sites excluding steroid dienone is 1. The molecule has 0 unspecified atom stereocenters. The fourth-order valence-electron chi connectivity index (χ4n) is 4.82. The fourth-order valence-corrected chi connectivity index (χ4v) is 4.82. The number of aliphatic imine (C=N–C) groups is 1. The third kappa shape index (κ3) is 4.73. The highest BCUT2D eigenvalue weighted by Gasteiger charge is 2.38. The van der Waals surface area contributed by atoms with E-state index in [1.165, 1.54) is 24.7 Å². The van der Waals surface area contributed by atoms with Crippen LogP contribution in [0.25, 0.3) is 5.57 Å². The van der Waals surface area contributed by atoms with Crippen LogP contribution in [0.5, 0.6) is 0 Å². The SMILES string of the molecule is COC(=O)N[C@H](C(=O)N1CC=C[C@H]1C1=NC=C(c2ccc(C)cc2)C1)C1CCCCC1. The standard InChI is InChI=1S/C25H31N3O3/c1-17-10-12-18(13-11-17)20-15-21(26-16-20)22-9-6-14-28(22)24(29)23(27-25(30)31-2)19-7-4-3-5-8-19/h6,9-13,16,19,22-23H,3-5,7-8,14-15H2,1-2H3,(H,27,30)/t22-,23-/m0/s1. The minimum Gasteiger partial charge on any atom is -0.453 e. The fraction of sp³-hybridized carbons (Fsp3) is 0.480. The van der Waals surface area contributed by atoms with Crippen LogP contribution in [-0.2, 0) is 9.53 Å². The highest BCUT2D eigenvalue weighted by atomic mass is 16.5. The first kappa shape index (κ1) is 21.3. The zero-order chi connectivity index (χ0) is 21.8. The molecule has 164 valence electrons. The largest absolute Gasteiger partial charge is 0.453 e. The molecule has 1 saturated carbocycles. The predicted octanol–water partition coefficient (Wildman–Crippen LogP) is 4.25. The molecule has 1 aromatic rings. The number of methoxy groups -OCH3 is 1. The van der Waals surface area contributed by atoms with E-state index >= 15 is 0 Å². The van der Waals surface area contributed by atoms with Crippen molar-refractivity contribution in [2.45, 2.75) is 57.5 Å². The lowest BCUT2D eigenvalue weighted by molar-refractivity contribution is -0.134. The van der Waals surface area contributed by atoms with Crippen molar-refractivity contribution in [3.8, 4) is 0 Å². The number of alkyl carbamates (subject to hydrolysis) is 1. The van der Waals surface area contributed by atoms with E-state index < -0.39 is 12.1 Å². The molecular weight excluding hydrogens is 390 g/mol. The topological polar surface area (TPSA) is 71.0 Å². The lowest BCUT2D eigenvalue weighted by Gasteiger charge is -2.34. The summed E-state index contributed by atoms with van der Waals surface area (Å²) in [7, 11) is 1.34. The first-order valence-corrected chi connectivity index (χ1v) is 11.2. The van der Waals surface area contributed by atoms with Crippen molar-refractivity contribution in [2.24, 2.45) is 10.9 Å². The second-order valence-corrected chi connectivity index (χ2v) is 8.69. The molecule has 2 atom stereocenters. The maximum Gasteiger partial charge on any atom is 0.407 e. The van der Waals surface area contributed by atoms with Crippen LogP contribution in [-0.4, -0.2) is 48.4 Å². The third-order valence-corrected chi connectivity index (χ3v) is 6.61. The van der Waals surface area contributed by atoms with Gasteiger partial charge in [-0.3, -0.25) is 9.79 Å². The average Bonchev–Trinajstić information content (AvgIpc) is 3.47. The lowest BCUT2D eigenvalue weighted by Crippen LogP contribution is -2.55. The van der Waals surface area contributed by atoms with E-state index in [4.69, 9.17) is 4.74 Å². The average molecular weight is 422 g/mol. The Morgan fingerprint density at radius 2 is 1.90 bits per heavy atom. The number of amides is 2. The molecule has 1 fully saturated rings. The van der Waals surface area contributed by atoms with Crippen LogP contribution in [0.2, 0.25) is 0 Å². The zero-order valence-corrected chi connectivity index (χ0v) is 18.3. The molecule has 3 aliphatic rings. The van der Waals surface area contributed by atoms with E-state index in [2.05, 4.69) is 47.6 Å². The number of carbonyl (C=O) groups is 2. The molecule has 31 heavy (non-hydrogen) atoms. The highest BCUT2D eigenvalue weighted by Crippen LogP contribution is 2.31. The maximum atomic E-state index is 13.6. The maximum absolute atomic E-state index is 13.6. The Morgan fingerprint density at radius 1 is 1.16 bits per heavy atom. The van der Waals surface area contributed by atoms with Gasteiger partial charge in [-0.05, 0) is 36.8 Å². The number of hydrogen-bond acceptors (Lipinski definition) is 4. The molecular formula is C25H31N3O3. The molecule has 2 heterocycles. The van der Waals surface area contributed by atoms with Crippen LogP contribution in [0.3, 0.4) is 0 Å². The van der Waals surface area contributed by atoms with Gasteiger partial charge in [-0.15, -0.1) is 0 Å². The molecule has 0 saturated heterocycles. The molecule has 6 nitrogen and oxygen atoms in total. The quantitative estimate of drug-likeness (QED) is 0.723. The van der Waals surface area contributed by atoms with Crippen molar-refractivity contribution in [1.82, 2.24) is 10.2 Å². The van der Waals surface area contributed by atoms with Gasteiger partial charge in [0.1, 0.15) is 6.04 Å².